The van der Waals surface area contributed by atoms with Crippen LogP contribution in [0.3, 0.4) is 0 Å². The molecule has 5 rings (SSSR count). The van der Waals surface area contributed by atoms with Crippen LogP contribution in [0.2, 0.25) is 0 Å². The average Bonchev–Trinajstić information content (AvgIpc) is 2.99. The van der Waals surface area contributed by atoms with Crippen molar-refractivity contribution in [3.8, 4) is 22.6 Å². The number of nitrogens with two attached hydrogens (primary N) is 1. The SMILES string of the molecule is Cc1c(O[C@@H]2OC(C)(C)[C@H](CO)[C@@H](OC(N)=O)[C@H]2O)ccc2c(O)c(NC(=O)Nc3cccc(-c4ccccc4)c3)c(=O)oc12. The predicted octanol–water partition coefficient (Wildman–Crippen LogP) is 4.07. The smallest absolute Gasteiger partial charge is 0.404 e. The zero-order valence-electron chi connectivity index (χ0n) is 24.6. The van der Waals surface area contributed by atoms with E-state index in [0.717, 1.165) is 11.1 Å². The minimum Gasteiger partial charge on any atom is -0.505 e. The summed E-state index contributed by atoms with van der Waals surface area (Å²) in [6.07, 6.45) is -5.32. The number of primary amides is 1. The summed E-state index contributed by atoms with van der Waals surface area (Å²) in [5, 5.41) is 36.8. The largest absolute Gasteiger partial charge is 0.505 e. The maximum absolute atomic E-state index is 12.9. The summed E-state index contributed by atoms with van der Waals surface area (Å²) in [4.78, 5) is 37.2. The van der Waals surface area contributed by atoms with Gasteiger partial charge in [-0.15, -0.1) is 0 Å². The second kappa shape index (κ2) is 12.5. The van der Waals surface area contributed by atoms with Gasteiger partial charge in [0.1, 0.15) is 17.4 Å². The summed E-state index contributed by atoms with van der Waals surface area (Å²) in [6, 6.07) is 18.8. The van der Waals surface area contributed by atoms with Crippen LogP contribution in [0.1, 0.15) is 19.4 Å². The van der Waals surface area contributed by atoms with Crippen LogP contribution in [0.15, 0.2) is 75.9 Å². The fourth-order valence-electron chi connectivity index (χ4n) is 5.36. The van der Waals surface area contributed by atoms with Crippen LogP contribution in [0.4, 0.5) is 21.0 Å². The van der Waals surface area contributed by atoms with Gasteiger partial charge in [0, 0.05) is 11.3 Å². The topological polar surface area (TPSA) is 203 Å². The molecule has 13 nitrogen and oxygen atoms in total. The van der Waals surface area contributed by atoms with Crippen molar-refractivity contribution in [3.05, 3.63) is 82.7 Å². The molecule has 45 heavy (non-hydrogen) atoms. The van der Waals surface area contributed by atoms with Crippen LogP contribution in [-0.4, -0.2) is 58.1 Å². The van der Waals surface area contributed by atoms with E-state index in [4.69, 9.17) is 24.4 Å². The van der Waals surface area contributed by atoms with Crippen molar-refractivity contribution in [1.29, 1.82) is 0 Å². The van der Waals surface area contributed by atoms with Crippen LogP contribution in [-0.2, 0) is 9.47 Å². The summed E-state index contributed by atoms with van der Waals surface area (Å²) in [5.74, 6) is -1.23. The fourth-order valence-corrected chi connectivity index (χ4v) is 5.36. The van der Waals surface area contributed by atoms with Gasteiger partial charge >= 0.3 is 17.7 Å². The molecular formula is C32H33N3O10. The molecule has 0 saturated carbocycles. The molecule has 3 amide bonds. The van der Waals surface area contributed by atoms with E-state index in [0.29, 0.717) is 5.69 Å². The molecular weight excluding hydrogens is 586 g/mol. The lowest BCUT2D eigenvalue weighted by molar-refractivity contribution is -0.290. The summed E-state index contributed by atoms with van der Waals surface area (Å²) >= 11 is 0. The van der Waals surface area contributed by atoms with Crippen LogP contribution in [0.5, 0.6) is 11.5 Å². The van der Waals surface area contributed by atoms with Crippen molar-refractivity contribution in [2.75, 3.05) is 17.2 Å². The Hall–Kier alpha value is -5.11. The number of anilines is 2. The number of fused-ring (bicyclic) bond motifs is 1. The zero-order valence-corrected chi connectivity index (χ0v) is 24.6. The van der Waals surface area contributed by atoms with Gasteiger partial charge in [-0.2, -0.15) is 0 Å². The minimum absolute atomic E-state index is 0.0424. The molecule has 1 aromatic heterocycles. The average molecular weight is 620 g/mol. The van der Waals surface area contributed by atoms with E-state index in [-0.39, 0.29) is 22.3 Å². The van der Waals surface area contributed by atoms with Crippen molar-refractivity contribution in [1.82, 2.24) is 0 Å². The number of aryl methyl sites for hydroxylation is 1. The molecule has 7 N–H and O–H groups in total. The molecule has 1 fully saturated rings. The van der Waals surface area contributed by atoms with Gasteiger partial charge < -0.3 is 45.0 Å². The molecule has 1 saturated heterocycles. The Bertz CT molecular complexity index is 1790. The number of benzene rings is 3. The standard InChI is InChI=1S/C32H33N3O10/c1-16-22(42-29-25(38)27(44-30(33)40)21(15-36)32(2,3)45-29)13-12-20-24(37)23(28(39)43-26(16)20)35-31(41)34-19-11-7-10-18(14-19)17-8-5-4-6-9-17/h4-14,21,25,27,29,36-38H,15H2,1-3H3,(H2,33,40)(H2,34,35,41)/t21-,25-,27-,29-/m1/s1. The number of urea groups is 1. The first-order valence-electron chi connectivity index (χ1n) is 14.0. The highest BCUT2D eigenvalue weighted by atomic mass is 16.7. The molecule has 4 atom stereocenters. The van der Waals surface area contributed by atoms with Crippen LogP contribution >= 0.6 is 0 Å². The lowest BCUT2D eigenvalue weighted by Crippen LogP contribution is -2.62. The number of hydrogen-bond acceptors (Lipinski definition) is 10. The second-order valence-electron chi connectivity index (χ2n) is 11.1. The highest BCUT2D eigenvalue weighted by Gasteiger charge is 2.52. The highest BCUT2D eigenvalue weighted by molar-refractivity contribution is 6.03. The van der Waals surface area contributed by atoms with E-state index in [1.165, 1.54) is 12.1 Å². The van der Waals surface area contributed by atoms with Crippen molar-refractivity contribution in [3.63, 3.8) is 0 Å². The van der Waals surface area contributed by atoms with E-state index >= 15 is 0 Å². The molecule has 1 aliphatic rings. The minimum atomic E-state index is -1.54. The number of carbonyl (C=O) groups is 2. The quantitative estimate of drug-likeness (QED) is 0.164. The number of aliphatic hydroxyl groups excluding tert-OH is 2. The lowest BCUT2D eigenvalue weighted by Gasteiger charge is -2.47. The molecule has 2 heterocycles. The van der Waals surface area contributed by atoms with E-state index in [1.807, 2.05) is 36.4 Å². The van der Waals surface area contributed by atoms with Gasteiger partial charge in [0.15, 0.2) is 17.5 Å². The molecule has 236 valence electrons. The third-order valence-corrected chi connectivity index (χ3v) is 7.73. The van der Waals surface area contributed by atoms with Crippen molar-refractivity contribution < 1.29 is 43.5 Å². The zero-order chi connectivity index (χ0) is 32.5. The van der Waals surface area contributed by atoms with Gasteiger partial charge in [0.25, 0.3) is 0 Å². The number of carbonyl (C=O) groups excluding carboxylic acids is 2. The Balaban J connectivity index is 1.37. The maximum atomic E-state index is 12.9. The first kappa shape index (κ1) is 31.3. The molecule has 0 aliphatic carbocycles. The number of nitrogens with one attached hydrogen (secondary N) is 2. The van der Waals surface area contributed by atoms with Crippen LogP contribution in [0, 0.1) is 12.8 Å². The number of ether oxygens (including phenoxy) is 3. The van der Waals surface area contributed by atoms with Crippen molar-refractivity contribution >= 4 is 34.5 Å². The van der Waals surface area contributed by atoms with E-state index in [9.17, 15) is 29.7 Å². The predicted molar refractivity (Wildman–Crippen MR) is 164 cm³/mol. The van der Waals surface area contributed by atoms with Gasteiger partial charge in [-0.3, -0.25) is 5.32 Å². The van der Waals surface area contributed by atoms with Crippen LogP contribution < -0.4 is 26.7 Å². The van der Waals surface area contributed by atoms with Gasteiger partial charge in [-0.25, -0.2) is 14.4 Å². The monoisotopic (exact) mass is 619 g/mol. The summed E-state index contributed by atoms with van der Waals surface area (Å²) in [6.45, 7) is 4.33. The fraction of sp³-hybridized carbons (Fsp3) is 0.281. The summed E-state index contributed by atoms with van der Waals surface area (Å²) < 4.78 is 22.4. The maximum Gasteiger partial charge on any atom is 0.404 e. The molecule has 0 unspecified atom stereocenters. The van der Waals surface area contributed by atoms with Gasteiger partial charge in [-0.1, -0.05) is 42.5 Å². The highest BCUT2D eigenvalue weighted by Crippen LogP contribution is 2.39. The Morgan fingerprint density at radius 1 is 1.02 bits per heavy atom. The third kappa shape index (κ3) is 6.41. The van der Waals surface area contributed by atoms with Gasteiger partial charge in [0.05, 0.1) is 23.5 Å². The van der Waals surface area contributed by atoms with Gasteiger partial charge in [-0.05, 0) is 56.2 Å². The number of aromatic hydroxyl groups is 1. The lowest BCUT2D eigenvalue weighted by atomic mass is 9.81. The van der Waals surface area contributed by atoms with Crippen molar-refractivity contribution in [2.24, 2.45) is 11.7 Å². The van der Waals surface area contributed by atoms with E-state index < -0.39 is 65.8 Å². The molecule has 0 bridgehead atoms. The first-order chi connectivity index (χ1) is 21.4. The normalized spacial score (nSPS) is 20.7. The summed E-state index contributed by atoms with van der Waals surface area (Å²) in [7, 11) is 0. The molecule has 0 spiro atoms. The molecule has 0 radical (unpaired) electrons. The number of amides is 3. The Kier molecular flexibility index (Phi) is 8.68. The Morgan fingerprint density at radius 2 is 1.73 bits per heavy atom. The Labute approximate surface area is 257 Å². The molecule has 1 aliphatic heterocycles. The third-order valence-electron chi connectivity index (χ3n) is 7.73. The van der Waals surface area contributed by atoms with Crippen LogP contribution in [0.25, 0.3) is 22.1 Å². The van der Waals surface area contributed by atoms with Gasteiger partial charge in [0.2, 0.25) is 6.29 Å². The van der Waals surface area contributed by atoms with E-state index in [1.54, 1.807) is 39.0 Å². The number of aliphatic hydroxyl groups is 2. The first-order valence-corrected chi connectivity index (χ1v) is 14.0. The number of hydrogen-bond donors (Lipinski definition) is 6. The Morgan fingerprint density at radius 3 is 2.42 bits per heavy atom. The molecule has 4 aromatic rings. The van der Waals surface area contributed by atoms with Crippen molar-refractivity contribution in [2.45, 2.75) is 44.9 Å². The van der Waals surface area contributed by atoms with E-state index in [2.05, 4.69) is 10.6 Å². The molecule has 3 aromatic carbocycles. The summed E-state index contributed by atoms with van der Waals surface area (Å²) in [5.41, 5.74) is 5.08. The number of rotatable bonds is 7. The second-order valence-corrected chi connectivity index (χ2v) is 11.1. The molecule has 13 heteroatoms.